The lowest BCUT2D eigenvalue weighted by Crippen LogP contribution is -2.21. The number of ether oxygens (including phenoxy) is 1. The molecule has 0 saturated heterocycles. The highest BCUT2D eigenvalue weighted by Gasteiger charge is 2.38. The summed E-state index contributed by atoms with van der Waals surface area (Å²) in [6.45, 7) is 0. The van der Waals surface area contributed by atoms with E-state index in [-0.39, 0.29) is 6.07 Å². The Bertz CT molecular complexity index is 681. The quantitative estimate of drug-likeness (QED) is 0.505. The van der Waals surface area contributed by atoms with E-state index in [1.54, 1.807) is 0 Å². The van der Waals surface area contributed by atoms with Crippen molar-refractivity contribution in [2.45, 2.75) is 11.4 Å². The van der Waals surface area contributed by atoms with Crippen molar-refractivity contribution in [3.05, 3.63) is 26.5 Å². The SMILES string of the molecule is O=c1cc(OC(F)(F)F)c([N+](=O)[O-])c(S(=O)(=O)Cl)[nH]1. The van der Waals surface area contributed by atoms with Crippen molar-refractivity contribution < 1.29 is 31.2 Å². The van der Waals surface area contributed by atoms with E-state index in [0.717, 1.165) is 0 Å². The van der Waals surface area contributed by atoms with Gasteiger partial charge in [-0.1, -0.05) is 0 Å². The molecule has 0 saturated carbocycles. The minimum absolute atomic E-state index is 0.0805. The Kier molecular flexibility index (Phi) is 3.77. The lowest BCUT2D eigenvalue weighted by Gasteiger charge is -2.09. The van der Waals surface area contributed by atoms with Gasteiger partial charge < -0.3 is 9.72 Å². The van der Waals surface area contributed by atoms with Crippen molar-refractivity contribution in [2.24, 2.45) is 0 Å². The Morgan fingerprint density at radius 3 is 2.32 bits per heavy atom. The number of nitro groups is 1. The van der Waals surface area contributed by atoms with Crippen LogP contribution >= 0.6 is 10.7 Å². The lowest BCUT2D eigenvalue weighted by molar-refractivity contribution is -0.392. The molecular formula is C6H2ClF3N2O6S. The third-order valence-corrected chi connectivity index (χ3v) is 2.85. The molecule has 1 N–H and O–H groups in total. The molecule has 1 rings (SSSR count). The van der Waals surface area contributed by atoms with Gasteiger partial charge in [0, 0.05) is 10.7 Å². The van der Waals surface area contributed by atoms with E-state index in [1.165, 1.54) is 4.98 Å². The molecule has 1 heterocycles. The zero-order valence-electron chi connectivity index (χ0n) is 8.39. The monoisotopic (exact) mass is 322 g/mol. The maximum atomic E-state index is 12.0. The van der Waals surface area contributed by atoms with Crippen LogP contribution in [0, 0.1) is 10.1 Å². The summed E-state index contributed by atoms with van der Waals surface area (Å²) in [6, 6.07) is 0.0805. The first-order chi connectivity index (χ1) is 8.42. The van der Waals surface area contributed by atoms with Gasteiger partial charge in [-0.2, -0.15) is 0 Å². The second-order valence-electron chi connectivity index (χ2n) is 2.92. The minimum atomic E-state index is -5.36. The normalized spacial score (nSPS) is 12.2. The molecule has 19 heavy (non-hydrogen) atoms. The molecule has 0 atom stereocenters. The van der Waals surface area contributed by atoms with Crippen LogP contribution in [0.15, 0.2) is 15.9 Å². The summed E-state index contributed by atoms with van der Waals surface area (Å²) in [6.07, 6.45) is -5.36. The highest BCUT2D eigenvalue weighted by molar-refractivity contribution is 8.13. The summed E-state index contributed by atoms with van der Waals surface area (Å²) >= 11 is 0. The largest absolute Gasteiger partial charge is 0.573 e. The first-order valence-corrected chi connectivity index (χ1v) is 6.35. The van der Waals surface area contributed by atoms with Crippen LogP contribution in [0.25, 0.3) is 0 Å². The molecule has 1 aromatic heterocycles. The van der Waals surface area contributed by atoms with Gasteiger partial charge in [-0.25, -0.2) is 8.42 Å². The zero-order chi connectivity index (χ0) is 15.0. The Hall–Kier alpha value is -1.82. The first-order valence-electron chi connectivity index (χ1n) is 4.04. The summed E-state index contributed by atoms with van der Waals surface area (Å²) < 4.78 is 61.2. The number of H-pyrrole nitrogens is 1. The third-order valence-electron chi connectivity index (χ3n) is 1.60. The molecule has 0 radical (unpaired) electrons. The number of nitrogens with one attached hydrogen (secondary N) is 1. The van der Waals surface area contributed by atoms with E-state index < -0.39 is 42.4 Å². The standard InChI is InChI=1S/C6H2ClF3N2O6S/c7-19(16,17)5-4(12(14)15)2(1-3(13)11-5)18-6(8,9)10/h1H,(H,11,13). The molecule has 1 aromatic rings. The average molecular weight is 323 g/mol. The number of rotatable bonds is 3. The fourth-order valence-corrected chi connectivity index (χ4v) is 2.02. The van der Waals surface area contributed by atoms with Gasteiger partial charge in [-0.05, 0) is 0 Å². The Morgan fingerprint density at radius 1 is 1.42 bits per heavy atom. The fourth-order valence-electron chi connectivity index (χ4n) is 1.06. The number of pyridine rings is 1. The van der Waals surface area contributed by atoms with E-state index >= 15 is 0 Å². The van der Waals surface area contributed by atoms with Crippen LogP contribution in [-0.4, -0.2) is 24.7 Å². The van der Waals surface area contributed by atoms with Crippen LogP contribution in [0.1, 0.15) is 0 Å². The lowest BCUT2D eigenvalue weighted by atomic mass is 10.4. The van der Waals surface area contributed by atoms with Gasteiger partial charge in [-0.3, -0.25) is 14.9 Å². The number of hydrogen-bond donors (Lipinski definition) is 1. The average Bonchev–Trinajstić information content (AvgIpc) is 2.11. The second kappa shape index (κ2) is 4.70. The maximum Gasteiger partial charge on any atom is 0.573 e. The van der Waals surface area contributed by atoms with E-state index in [0.29, 0.717) is 0 Å². The van der Waals surface area contributed by atoms with E-state index in [4.69, 9.17) is 10.7 Å². The third kappa shape index (κ3) is 3.82. The maximum absolute atomic E-state index is 12.0. The summed E-state index contributed by atoms with van der Waals surface area (Å²) in [4.78, 5) is 21.5. The van der Waals surface area contributed by atoms with Crippen LogP contribution < -0.4 is 10.3 Å². The van der Waals surface area contributed by atoms with Crippen molar-refractivity contribution in [3.63, 3.8) is 0 Å². The second-order valence-corrected chi connectivity index (χ2v) is 5.42. The number of alkyl halides is 3. The molecule has 0 aliphatic rings. The highest BCUT2D eigenvalue weighted by atomic mass is 35.7. The van der Waals surface area contributed by atoms with Crippen molar-refractivity contribution in [2.75, 3.05) is 0 Å². The van der Waals surface area contributed by atoms with Gasteiger partial charge in [0.25, 0.3) is 14.6 Å². The van der Waals surface area contributed by atoms with Gasteiger partial charge in [-0.15, -0.1) is 13.2 Å². The Labute approximate surface area is 106 Å². The van der Waals surface area contributed by atoms with Crippen LogP contribution in [-0.2, 0) is 9.05 Å². The predicted molar refractivity (Wildman–Crippen MR) is 53.4 cm³/mol. The van der Waals surface area contributed by atoms with Gasteiger partial charge in [0.2, 0.25) is 10.8 Å². The molecule has 0 aromatic carbocycles. The Morgan fingerprint density at radius 2 is 1.95 bits per heavy atom. The molecule has 0 aliphatic heterocycles. The van der Waals surface area contributed by atoms with Crippen molar-refractivity contribution in [1.82, 2.24) is 4.98 Å². The van der Waals surface area contributed by atoms with Crippen LogP contribution in [0.3, 0.4) is 0 Å². The number of halogens is 4. The molecule has 0 amide bonds. The van der Waals surface area contributed by atoms with E-state index in [1.807, 2.05) is 0 Å². The number of aromatic nitrogens is 1. The molecule has 0 bridgehead atoms. The molecule has 0 fully saturated rings. The molecule has 8 nitrogen and oxygen atoms in total. The van der Waals surface area contributed by atoms with Crippen molar-refractivity contribution in [1.29, 1.82) is 0 Å². The summed E-state index contributed by atoms with van der Waals surface area (Å²) in [5.74, 6) is -1.58. The molecular weight excluding hydrogens is 321 g/mol. The van der Waals surface area contributed by atoms with E-state index in [2.05, 4.69) is 4.74 Å². The van der Waals surface area contributed by atoms with Gasteiger partial charge >= 0.3 is 12.0 Å². The van der Waals surface area contributed by atoms with Gasteiger partial charge in [0.15, 0.2) is 0 Å². The molecule has 0 spiro atoms. The highest BCUT2D eigenvalue weighted by Crippen LogP contribution is 2.35. The van der Waals surface area contributed by atoms with Crippen molar-refractivity contribution >= 4 is 25.4 Å². The summed E-state index contributed by atoms with van der Waals surface area (Å²) in [5, 5.41) is 9.10. The molecule has 0 unspecified atom stereocenters. The van der Waals surface area contributed by atoms with Gasteiger partial charge in [0.05, 0.1) is 11.0 Å². The van der Waals surface area contributed by atoms with Gasteiger partial charge in [0.1, 0.15) is 0 Å². The van der Waals surface area contributed by atoms with Crippen LogP contribution in [0.4, 0.5) is 18.9 Å². The van der Waals surface area contributed by atoms with Crippen LogP contribution in [0.2, 0.25) is 0 Å². The minimum Gasteiger partial charge on any atom is -0.398 e. The topological polar surface area (TPSA) is 119 Å². The van der Waals surface area contributed by atoms with E-state index in [9.17, 15) is 36.5 Å². The fraction of sp³-hybridized carbons (Fsp3) is 0.167. The van der Waals surface area contributed by atoms with Crippen LogP contribution in [0.5, 0.6) is 5.75 Å². The smallest absolute Gasteiger partial charge is 0.398 e. The van der Waals surface area contributed by atoms with Crippen molar-refractivity contribution in [3.8, 4) is 5.75 Å². The Balaban J connectivity index is 3.69. The number of nitrogens with zero attached hydrogens (tertiary/aromatic N) is 1. The number of aromatic amines is 1. The molecule has 106 valence electrons. The number of hydrogen-bond acceptors (Lipinski definition) is 6. The molecule has 13 heteroatoms. The summed E-state index contributed by atoms with van der Waals surface area (Å²) in [7, 11) is -0.0676. The molecule has 0 aliphatic carbocycles. The first kappa shape index (κ1) is 15.2. The summed E-state index contributed by atoms with van der Waals surface area (Å²) in [5.41, 5.74) is -2.99. The predicted octanol–water partition coefficient (Wildman–Crippen LogP) is 1.11. The zero-order valence-corrected chi connectivity index (χ0v) is 9.97.